The van der Waals surface area contributed by atoms with Crippen LogP contribution in [0.15, 0.2) is 47.5 Å². The van der Waals surface area contributed by atoms with Crippen LogP contribution >= 0.6 is 0 Å². The minimum absolute atomic E-state index is 0.0138. The molecule has 0 heterocycles. The van der Waals surface area contributed by atoms with Gasteiger partial charge >= 0.3 is 0 Å². The summed E-state index contributed by atoms with van der Waals surface area (Å²) >= 11 is 0. The molecule has 0 bridgehead atoms. The molecule has 0 fully saturated rings. The number of ether oxygens (including phenoxy) is 1. The molecule has 0 spiro atoms. The Bertz CT molecular complexity index is 582. The highest BCUT2D eigenvalue weighted by Crippen LogP contribution is 2.28. The van der Waals surface area contributed by atoms with E-state index in [1.165, 1.54) is 19.4 Å². The van der Waals surface area contributed by atoms with Crippen LogP contribution in [-0.4, -0.2) is 18.4 Å². The van der Waals surface area contributed by atoms with E-state index in [1.807, 2.05) is 0 Å². The SMILES string of the molecule is COc1cccc(C=Nc2ccccc2F)c1O. The van der Waals surface area contributed by atoms with E-state index in [9.17, 15) is 9.50 Å². The predicted molar refractivity (Wildman–Crippen MR) is 68.3 cm³/mol. The van der Waals surface area contributed by atoms with E-state index in [0.717, 1.165) is 0 Å². The number of nitrogens with zero attached hydrogens (tertiary/aromatic N) is 1. The van der Waals surface area contributed by atoms with Crippen LogP contribution in [0.3, 0.4) is 0 Å². The minimum Gasteiger partial charge on any atom is -0.504 e. The molecule has 1 N–H and O–H groups in total. The molecule has 18 heavy (non-hydrogen) atoms. The number of para-hydroxylation sites is 2. The van der Waals surface area contributed by atoms with Gasteiger partial charge in [-0.05, 0) is 24.3 Å². The molecule has 92 valence electrons. The van der Waals surface area contributed by atoms with Crippen LogP contribution in [0, 0.1) is 5.82 Å². The molecule has 0 aliphatic heterocycles. The molecule has 3 nitrogen and oxygen atoms in total. The van der Waals surface area contributed by atoms with Crippen molar-refractivity contribution in [3.8, 4) is 11.5 Å². The Labute approximate surface area is 104 Å². The topological polar surface area (TPSA) is 41.8 Å². The van der Waals surface area contributed by atoms with Crippen molar-refractivity contribution in [2.75, 3.05) is 7.11 Å². The Morgan fingerprint density at radius 1 is 1.17 bits per heavy atom. The van der Waals surface area contributed by atoms with Gasteiger partial charge in [0.1, 0.15) is 5.82 Å². The van der Waals surface area contributed by atoms with Gasteiger partial charge in [0.2, 0.25) is 0 Å². The first kappa shape index (κ1) is 12.1. The number of hydrogen-bond donors (Lipinski definition) is 1. The smallest absolute Gasteiger partial charge is 0.166 e. The first-order valence-corrected chi connectivity index (χ1v) is 5.37. The Hall–Kier alpha value is -2.36. The number of halogens is 1. The summed E-state index contributed by atoms with van der Waals surface area (Å²) in [4.78, 5) is 4.00. The largest absolute Gasteiger partial charge is 0.504 e. The van der Waals surface area contributed by atoms with E-state index in [2.05, 4.69) is 4.99 Å². The molecule has 2 aromatic rings. The monoisotopic (exact) mass is 245 g/mol. The van der Waals surface area contributed by atoms with E-state index in [-0.39, 0.29) is 11.4 Å². The fourth-order valence-electron chi connectivity index (χ4n) is 1.50. The summed E-state index contributed by atoms with van der Waals surface area (Å²) in [5.41, 5.74) is 0.692. The highest BCUT2D eigenvalue weighted by molar-refractivity contribution is 5.86. The maximum absolute atomic E-state index is 13.3. The molecule has 2 aromatic carbocycles. The molecule has 0 aliphatic rings. The third-order valence-corrected chi connectivity index (χ3v) is 2.45. The van der Waals surface area contributed by atoms with Gasteiger partial charge in [-0.15, -0.1) is 0 Å². The molecule has 0 radical (unpaired) electrons. The lowest BCUT2D eigenvalue weighted by atomic mass is 10.2. The van der Waals surface area contributed by atoms with E-state index in [1.54, 1.807) is 36.4 Å². The average Bonchev–Trinajstić information content (AvgIpc) is 2.39. The average molecular weight is 245 g/mol. The first-order valence-electron chi connectivity index (χ1n) is 5.37. The van der Waals surface area contributed by atoms with Crippen molar-refractivity contribution in [1.29, 1.82) is 0 Å². The molecular weight excluding hydrogens is 233 g/mol. The number of phenols is 1. The van der Waals surface area contributed by atoms with Crippen molar-refractivity contribution in [2.24, 2.45) is 4.99 Å². The normalized spacial score (nSPS) is 10.8. The molecule has 0 atom stereocenters. The van der Waals surface area contributed by atoms with Crippen LogP contribution in [0.25, 0.3) is 0 Å². The van der Waals surface area contributed by atoms with Gasteiger partial charge in [-0.3, -0.25) is 4.99 Å². The van der Waals surface area contributed by atoms with Crippen LogP contribution in [0.4, 0.5) is 10.1 Å². The quantitative estimate of drug-likeness (QED) is 0.843. The maximum Gasteiger partial charge on any atom is 0.166 e. The zero-order valence-corrected chi connectivity index (χ0v) is 9.80. The Balaban J connectivity index is 2.32. The second kappa shape index (κ2) is 5.31. The second-order valence-corrected chi connectivity index (χ2v) is 3.61. The standard InChI is InChI=1S/C14H12FNO2/c1-18-13-8-4-5-10(14(13)17)9-16-12-7-3-2-6-11(12)15/h2-9,17H,1H3. The van der Waals surface area contributed by atoms with Crippen LogP contribution in [-0.2, 0) is 0 Å². The number of aromatic hydroxyl groups is 1. The third kappa shape index (κ3) is 2.48. The molecule has 0 aromatic heterocycles. The van der Waals surface area contributed by atoms with E-state index in [4.69, 9.17) is 4.74 Å². The molecule has 0 unspecified atom stereocenters. The summed E-state index contributed by atoms with van der Waals surface area (Å²) < 4.78 is 18.3. The summed E-state index contributed by atoms with van der Waals surface area (Å²) in [6.45, 7) is 0. The van der Waals surface area contributed by atoms with Crippen LogP contribution in [0.2, 0.25) is 0 Å². The molecule has 0 aliphatic carbocycles. The summed E-state index contributed by atoms with van der Waals surface area (Å²) in [6.07, 6.45) is 1.40. The predicted octanol–water partition coefficient (Wildman–Crippen LogP) is 3.29. The van der Waals surface area contributed by atoms with Gasteiger partial charge in [0.15, 0.2) is 11.5 Å². The lowest BCUT2D eigenvalue weighted by Gasteiger charge is -2.04. The van der Waals surface area contributed by atoms with Crippen molar-refractivity contribution in [3.05, 3.63) is 53.8 Å². The Morgan fingerprint density at radius 2 is 1.94 bits per heavy atom. The number of aliphatic imine (C=N–C) groups is 1. The third-order valence-electron chi connectivity index (χ3n) is 2.45. The summed E-state index contributed by atoms with van der Waals surface area (Å²) in [5, 5.41) is 9.83. The van der Waals surface area contributed by atoms with Crippen molar-refractivity contribution < 1.29 is 14.2 Å². The number of methoxy groups -OCH3 is 1. The van der Waals surface area contributed by atoms with E-state index < -0.39 is 5.82 Å². The molecule has 4 heteroatoms. The minimum atomic E-state index is -0.406. The number of hydrogen-bond acceptors (Lipinski definition) is 3. The molecule has 0 saturated carbocycles. The zero-order chi connectivity index (χ0) is 13.0. The van der Waals surface area contributed by atoms with E-state index in [0.29, 0.717) is 11.3 Å². The highest BCUT2D eigenvalue weighted by Gasteiger charge is 2.05. The summed E-state index contributed by atoms with van der Waals surface area (Å²) in [5.74, 6) is -0.0660. The fraction of sp³-hybridized carbons (Fsp3) is 0.0714. The van der Waals surface area contributed by atoms with E-state index >= 15 is 0 Å². The maximum atomic E-state index is 13.3. The van der Waals surface area contributed by atoms with Crippen LogP contribution in [0.5, 0.6) is 11.5 Å². The van der Waals surface area contributed by atoms with Crippen molar-refractivity contribution >= 4 is 11.9 Å². The van der Waals surface area contributed by atoms with Crippen molar-refractivity contribution in [2.45, 2.75) is 0 Å². The summed E-state index contributed by atoms with van der Waals surface area (Å²) in [7, 11) is 1.47. The van der Waals surface area contributed by atoms with Crippen molar-refractivity contribution in [1.82, 2.24) is 0 Å². The Morgan fingerprint density at radius 3 is 2.67 bits per heavy atom. The number of rotatable bonds is 3. The van der Waals surface area contributed by atoms with Gasteiger partial charge in [0.05, 0.1) is 12.8 Å². The van der Waals surface area contributed by atoms with Crippen molar-refractivity contribution in [3.63, 3.8) is 0 Å². The number of benzene rings is 2. The van der Waals surface area contributed by atoms with Crippen LogP contribution < -0.4 is 4.74 Å². The molecule has 0 amide bonds. The van der Waals surface area contributed by atoms with Crippen LogP contribution in [0.1, 0.15) is 5.56 Å². The lowest BCUT2D eigenvalue weighted by molar-refractivity contribution is 0.373. The summed E-state index contributed by atoms with van der Waals surface area (Å²) in [6, 6.07) is 11.2. The zero-order valence-electron chi connectivity index (χ0n) is 9.80. The Kier molecular flexibility index (Phi) is 3.57. The first-order chi connectivity index (χ1) is 8.72. The molecule has 2 rings (SSSR count). The van der Waals surface area contributed by atoms with Gasteiger partial charge in [-0.1, -0.05) is 18.2 Å². The van der Waals surface area contributed by atoms with Gasteiger partial charge in [0, 0.05) is 11.8 Å². The second-order valence-electron chi connectivity index (χ2n) is 3.61. The fourth-order valence-corrected chi connectivity index (χ4v) is 1.50. The van der Waals surface area contributed by atoms with Gasteiger partial charge in [-0.2, -0.15) is 0 Å². The van der Waals surface area contributed by atoms with Gasteiger partial charge in [-0.25, -0.2) is 4.39 Å². The number of phenolic OH excluding ortho intramolecular Hbond substituents is 1. The highest BCUT2D eigenvalue weighted by atomic mass is 19.1. The van der Waals surface area contributed by atoms with Gasteiger partial charge in [0.25, 0.3) is 0 Å². The van der Waals surface area contributed by atoms with Gasteiger partial charge < -0.3 is 9.84 Å². The molecule has 0 saturated heterocycles. The lowest BCUT2D eigenvalue weighted by Crippen LogP contribution is -1.88. The molecular formula is C14H12FNO2.